The Labute approximate surface area is 208 Å². The summed E-state index contributed by atoms with van der Waals surface area (Å²) in [4.78, 5) is 39.3. The molecule has 6 nitrogen and oxygen atoms in total. The fraction of sp³-hybridized carbons (Fsp3) is 0.0741. The van der Waals surface area contributed by atoms with E-state index in [-0.39, 0.29) is 17.8 Å². The van der Waals surface area contributed by atoms with Gasteiger partial charge in [-0.3, -0.25) is 4.79 Å². The molecule has 0 aliphatic carbocycles. The van der Waals surface area contributed by atoms with Crippen LogP contribution in [0.4, 0.5) is 0 Å². The number of ether oxygens (including phenoxy) is 2. The fourth-order valence-corrected chi connectivity index (χ4v) is 4.93. The van der Waals surface area contributed by atoms with Crippen molar-refractivity contribution < 1.29 is 23.5 Å². The molecule has 0 bridgehead atoms. The first-order chi connectivity index (χ1) is 17.0. The van der Waals surface area contributed by atoms with Gasteiger partial charge in [0.15, 0.2) is 5.76 Å². The summed E-state index contributed by atoms with van der Waals surface area (Å²) < 4.78 is 16.8. The maximum absolute atomic E-state index is 13.6. The van der Waals surface area contributed by atoms with Gasteiger partial charge in [-0.15, -0.1) is 22.7 Å². The van der Waals surface area contributed by atoms with E-state index in [1.807, 2.05) is 17.5 Å². The topological polar surface area (TPSA) is 82.8 Å². The zero-order valence-electron chi connectivity index (χ0n) is 18.5. The van der Waals surface area contributed by atoms with Crippen LogP contribution in [0.5, 0.6) is 5.75 Å². The molecule has 3 aromatic heterocycles. The number of fused-ring (bicyclic) bond motifs is 1. The third-order valence-electron chi connectivity index (χ3n) is 5.23. The van der Waals surface area contributed by atoms with Gasteiger partial charge in [0.25, 0.3) is 0 Å². The van der Waals surface area contributed by atoms with Crippen LogP contribution >= 0.6 is 22.7 Å². The lowest BCUT2D eigenvalue weighted by atomic mass is 10.00. The predicted octanol–water partition coefficient (Wildman–Crippen LogP) is 6.65. The molecule has 0 saturated heterocycles. The van der Waals surface area contributed by atoms with E-state index >= 15 is 0 Å². The summed E-state index contributed by atoms with van der Waals surface area (Å²) in [7, 11) is 0. The van der Waals surface area contributed by atoms with Gasteiger partial charge in [-0.25, -0.2) is 9.59 Å². The second-order valence-electron chi connectivity index (χ2n) is 7.44. The molecule has 2 aromatic carbocycles. The van der Waals surface area contributed by atoms with E-state index in [0.29, 0.717) is 38.3 Å². The van der Waals surface area contributed by atoms with E-state index < -0.39 is 11.9 Å². The van der Waals surface area contributed by atoms with E-state index in [0.717, 1.165) is 4.88 Å². The Balaban J connectivity index is 1.60. The monoisotopic (exact) mass is 502 g/mol. The molecule has 174 valence electrons. The number of thiophene rings is 2. The average Bonchev–Trinajstić information content (AvgIpc) is 3.59. The smallest absolute Gasteiger partial charge is 0.353 e. The quantitative estimate of drug-likeness (QED) is 0.191. The summed E-state index contributed by atoms with van der Waals surface area (Å²) in [6.07, 6.45) is 0. The Morgan fingerprint density at radius 3 is 2.37 bits per heavy atom. The Hall–Kier alpha value is -4.01. The Morgan fingerprint density at radius 1 is 0.914 bits per heavy atom. The van der Waals surface area contributed by atoms with E-state index in [1.54, 1.807) is 66.9 Å². The molecule has 0 saturated carbocycles. The lowest BCUT2D eigenvalue weighted by Crippen LogP contribution is -2.09. The number of hydrogen-bond acceptors (Lipinski definition) is 8. The number of carbonyl (C=O) groups is 2. The average molecular weight is 503 g/mol. The van der Waals surface area contributed by atoms with Crippen molar-refractivity contribution in [3.8, 4) is 27.5 Å². The van der Waals surface area contributed by atoms with E-state index in [9.17, 15) is 14.4 Å². The molecule has 0 aliphatic rings. The van der Waals surface area contributed by atoms with Gasteiger partial charge >= 0.3 is 11.9 Å². The number of hydrogen-bond donors (Lipinski definition) is 0. The maximum Gasteiger partial charge on any atom is 0.353 e. The minimum Gasteiger partial charge on any atom is -0.462 e. The zero-order valence-corrected chi connectivity index (χ0v) is 20.1. The molecule has 0 atom stereocenters. The highest BCUT2D eigenvalue weighted by atomic mass is 32.1. The Kier molecular flexibility index (Phi) is 6.31. The first-order valence-electron chi connectivity index (χ1n) is 10.7. The third-order valence-corrected chi connectivity index (χ3v) is 6.94. The molecule has 3 heterocycles. The molecule has 0 unspecified atom stereocenters. The van der Waals surface area contributed by atoms with Crippen molar-refractivity contribution in [2.24, 2.45) is 0 Å². The van der Waals surface area contributed by atoms with Crippen molar-refractivity contribution >= 4 is 45.6 Å². The predicted molar refractivity (Wildman–Crippen MR) is 136 cm³/mol. The van der Waals surface area contributed by atoms with Crippen molar-refractivity contribution in [2.45, 2.75) is 6.92 Å². The summed E-state index contributed by atoms with van der Waals surface area (Å²) in [5.41, 5.74) is 1.48. The van der Waals surface area contributed by atoms with Crippen molar-refractivity contribution in [3.63, 3.8) is 0 Å². The van der Waals surface area contributed by atoms with Crippen molar-refractivity contribution in [3.05, 3.63) is 98.2 Å². The molecule has 8 heteroatoms. The lowest BCUT2D eigenvalue weighted by molar-refractivity contribution is 0.0526. The molecule has 5 aromatic rings. The summed E-state index contributed by atoms with van der Waals surface area (Å²) in [5.74, 6) is -0.211. The number of esters is 2. The van der Waals surface area contributed by atoms with Gasteiger partial charge < -0.3 is 13.9 Å². The molecule has 35 heavy (non-hydrogen) atoms. The van der Waals surface area contributed by atoms with Gasteiger partial charge in [0.05, 0.1) is 28.0 Å². The van der Waals surface area contributed by atoms with Crippen LogP contribution < -0.4 is 10.2 Å². The summed E-state index contributed by atoms with van der Waals surface area (Å²) in [6, 6.07) is 18.6. The van der Waals surface area contributed by atoms with Gasteiger partial charge in [0.2, 0.25) is 5.43 Å². The van der Waals surface area contributed by atoms with Crippen LogP contribution in [0.3, 0.4) is 0 Å². The largest absolute Gasteiger partial charge is 0.462 e. The van der Waals surface area contributed by atoms with Crippen molar-refractivity contribution in [2.75, 3.05) is 6.61 Å². The zero-order chi connectivity index (χ0) is 24.4. The van der Waals surface area contributed by atoms with Crippen LogP contribution in [0.1, 0.15) is 27.0 Å². The van der Waals surface area contributed by atoms with E-state index in [1.165, 1.54) is 22.7 Å². The molecular weight excluding hydrogens is 484 g/mol. The number of benzene rings is 2. The molecule has 0 fully saturated rings. The van der Waals surface area contributed by atoms with Crippen molar-refractivity contribution in [1.29, 1.82) is 0 Å². The van der Waals surface area contributed by atoms with E-state index in [2.05, 4.69) is 0 Å². The molecule has 0 spiro atoms. The standard InChI is InChI=1S/C27H18O6S2/c1-2-31-26(29)17-9-7-16(8-10-17)23-24(28)19-12-11-18(32-27(30)22-6-4-14-35-22)15-20(19)33-25(23)21-5-3-13-34-21/h3-15H,2H2,1H3. The van der Waals surface area contributed by atoms with Crippen LogP contribution in [0.25, 0.3) is 32.7 Å². The van der Waals surface area contributed by atoms with Gasteiger partial charge in [-0.1, -0.05) is 24.3 Å². The first kappa shape index (κ1) is 22.8. The molecule has 5 rings (SSSR count). The normalized spacial score (nSPS) is 10.9. The Bertz CT molecular complexity index is 1560. The number of carbonyl (C=O) groups excluding carboxylic acids is 2. The molecule has 0 amide bonds. The van der Waals surface area contributed by atoms with Crippen LogP contribution in [-0.2, 0) is 4.74 Å². The van der Waals surface area contributed by atoms with Gasteiger partial charge in [-0.05, 0) is 59.6 Å². The first-order valence-corrected chi connectivity index (χ1v) is 12.5. The van der Waals surface area contributed by atoms with Crippen LogP contribution in [0.2, 0.25) is 0 Å². The summed E-state index contributed by atoms with van der Waals surface area (Å²) in [6.45, 7) is 2.02. The maximum atomic E-state index is 13.6. The highest BCUT2D eigenvalue weighted by Crippen LogP contribution is 2.36. The van der Waals surface area contributed by atoms with Crippen LogP contribution in [0.15, 0.2) is 86.7 Å². The number of rotatable bonds is 6. The highest BCUT2D eigenvalue weighted by molar-refractivity contribution is 7.13. The summed E-state index contributed by atoms with van der Waals surface area (Å²) >= 11 is 2.73. The SMILES string of the molecule is CCOC(=O)c1ccc(-c2c(-c3cccs3)oc3cc(OC(=O)c4cccs4)ccc3c2=O)cc1. The van der Waals surface area contributed by atoms with Crippen molar-refractivity contribution in [1.82, 2.24) is 0 Å². The van der Waals surface area contributed by atoms with E-state index in [4.69, 9.17) is 13.9 Å². The third kappa shape index (κ3) is 4.53. The molecule has 0 aliphatic heterocycles. The molecule has 0 radical (unpaired) electrons. The Morgan fingerprint density at radius 2 is 1.69 bits per heavy atom. The van der Waals surface area contributed by atoms with Gasteiger partial charge in [0, 0.05) is 6.07 Å². The second-order valence-corrected chi connectivity index (χ2v) is 9.33. The van der Waals surface area contributed by atoms with Gasteiger partial charge in [0.1, 0.15) is 16.2 Å². The fourth-order valence-electron chi connectivity index (χ4n) is 3.62. The molecule has 0 N–H and O–H groups in total. The summed E-state index contributed by atoms with van der Waals surface area (Å²) in [5, 5.41) is 4.04. The minimum absolute atomic E-state index is 0.227. The van der Waals surface area contributed by atoms with Crippen LogP contribution in [-0.4, -0.2) is 18.5 Å². The highest BCUT2D eigenvalue weighted by Gasteiger charge is 2.20. The molecular formula is C27H18O6S2. The second kappa shape index (κ2) is 9.69. The van der Waals surface area contributed by atoms with Crippen LogP contribution in [0, 0.1) is 0 Å². The lowest BCUT2D eigenvalue weighted by Gasteiger charge is -2.11. The minimum atomic E-state index is -0.474. The van der Waals surface area contributed by atoms with Gasteiger partial charge in [-0.2, -0.15) is 0 Å².